The first kappa shape index (κ1) is 9.82. The van der Waals surface area contributed by atoms with E-state index in [4.69, 9.17) is 0 Å². The fraction of sp³-hybridized carbons (Fsp3) is 0.250. The van der Waals surface area contributed by atoms with Gasteiger partial charge in [0.2, 0.25) is 0 Å². The summed E-state index contributed by atoms with van der Waals surface area (Å²) in [5.74, 6) is 0.0529. The van der Waals surface area contributed by atoms with Crippen molar-refractivity contribution in [2.75, 3.05) is 5.75 Å². The molecule has 0 bridgehead atoms. The number of carbonyl (C=O) groups is 2. The lowest BCUT2D eigenvalue weighted by Gasteiger charge is -2.14. The van der Waals surface area contributed by atoms with Crippen LogP contribution in [0.25, 0.3) is 0 Å². The highest BCUT2D eigenvalue weighted by atomic mass is 32.2. The molecule has 1 saturated heterocycles. The van der Waals surface area contributed by atoms with Gasteiger partial charge in [-0.1, -0.05) is 0 Å². The van der Waals surface area contributed by atoms with E-state index >= 15 is 0 Å². The highest BCUT2D eigenvalue weighted by Crippen LogP contribution is 2.31. The molecule has 0 spiro atoms. The smallest absolute Gasteiger partial charge is 0.290 e. The first-order chi connectivity index (χ1) is 6.59. The van der Waals surface area contributed by atoms with Gasteiger partial charge in [0.25, 0.3) is 11.1 Å². The Kier molecular flexibility index (Phi) is 2.42. The van der Waals surface area contributed by atoms with Crippen molar-refractivity contribution in [3.8, 4) is 0 Å². The van der Waals surface area contributed by atoms with E-state index in [-0.39, 0.29) is 10.1 Å². The summed E-state index contributed by atoms with van der Waals surface area (Å²) < 4.78 is 0. The van der Waals surface area contributed by atoms with Crippen LogP contribution in [0, 0.1) is 0 Å². The summed E-state index contributed by atoms with van der Waals surface area (Å²) in [6.07, 6.45) is 3.04. The van der Waals surface area contributed by atoms with E-state index in [0.717, 1.165) is 11.8 Å². The van der Waals surface area contributed by atoms with Crippen molar-refractivity contribution >= 4 is 34.7 Å². The molecule has 2 amide bonds. The monoisotopic (exact) mass is 229 g/mol. The molecule has 1 fully saturated rings. The Hall–Kier alpha value is -0.720. The van der Waals surface area contributed by atoms with Crippen LogP contribution in [0.15, 0.2) is 22.5 Å². The minimum absolute atomic E-state index is 0.268. The van der Waals surface area contributed by atoms with E-state index in [2.05, 4.69) is 5.32 Å². The normalized spacial score (nSPS) is 34.2. The van der Waals surface area contributed by atoms with Crippen LogP contribution in [0.1, 0.15) is 0 Å². The third-order valence-electron chi connectivity index (χ3n) is 1.79. The summed E-state index contributed by atoms with van der Waals surface area (Å²) in [5.41, 5.74) is -1.09. The van der Waals surface area contributed by atoms with Crippen molar-refractivity contribution in [2.24, 2.45) is 0 Å². The van der Waals surface area contributed by atoms with Crippen LogP contribution in [0.3, 0.4) is 0 Å². The van der Waals surface area contributed by atoms with Gasteiger partial charge in [0, 0.05) is 5.75 Å². The fourth-order valence-electron chi connectivity index (χ4n) is 1.13. The van der Waals surface area contributed by atoms with Gasteiger partial charge in [0.15, 0.2) is 0 Å². The zero-order valence-corrected chi connectivity index (χ0v) is 8.65. The van der Waals surface area contributed by atoms with E-state index in [1.807, 2.05) is 0 Å². The van der Waals surface area contributed by atoms with Crippen LogP contribution in [0.2, 0.25) is 0 Å². The van der Waals surface area contributed by atoms with Gasteiger partial charge in [-0.15, -0.1) is 11.8 Å². The highest BCUT2D eigenvalue weighted by molar-refractivity contribution is 8.18. The van der Waals surface area contributed by atoms with Crippen LogP contribution in [-0.4, -0.2) is 27.6 Å². The summed E-state index contributed by atoms with van der Waals surface area (Å²) in [7, 11) is 0. The van der Waals surface area contributed by atoms with Crippen LogP contribution < -0.4 is 5.32 Å². The lowest BCUT2D eigenvalue weighted by Crippen LogP contribution is -2.25. The number of thioether (sulfide) groups is 2. The SMILES string of the molecule is O=C1NC(=O)C(=CC2(O)C=CSC2)S1. The second-order valence-electron chi connectivity index (χ2n) is 2.96. The van der Waals surface area contributed by atoms with E-state index in [1.54, 1.807) is 11.5 Å². The predicted molar refractivity (Wildman–Crippen MR) is 55.8 cm³/mol. The first-order valence-electron chi connectivity index (χ1n) is 3.87. The average Bonchev–Trinajstić information content (AvgIpc) is 2.61. The quantitative estimate of drug-likeness (QED) is 0.652. The molecule has 2 N–H and O–H groups in total. The van der Waals surface area contributed by atoms with Gasteiger partial charge in [-0.05, 0) is 29.3 Å². The third-order valence-corrected chi connectivity index (χ3v) is 3.56. The molecule has 4 nitrogen and oxygen atoms in total. The first-order valence-corrected chi connectivity index (χ1v) is 5.73. The molecule has 14 heavy (non-hydrogen) atoms. The van der Waals surface area contributed by atoms with Crippen LogP contribution in [0.4, 0.5) is 4.79 Å². The van der Waals surface area contributed by atoms with Crippen molar-refractivity contribution in [3.63, 3.8) is 0 Å². The van der Waals surface area contributed by atoms with Gasteiger partial charge < -0.3 is 5.11 Å². The number of imide groups is 1. The number of amides is 2. The predicted octanol–water partition coefficient (Wildman–Crippen LogP) is 0.845. The number of hydrogen-bond acceptors (Lipinski definition) is 5. The number of rotatable bonds is 1. The minimum atomic E-state index is -1.09. The maximum absolute atomic E-state index is 11.2. The number of aliphatic hydroxyl groups is 1. The number of carbonyl (C=O) groups excluding carboxylic acids is 2. The van der Waals surface area contributed by atoms with Crippen molar-refractivity contribution in [3.05, 3.63) is 22.5 Å². The second kappa shape index (κ2) is 3.45. The van der Waals surface area contributed by atoms with Gasteiger partial charge >= 0.3 is 0 Å². The van der Waals surface area contributed by atoms with E-state index in [9.17, 15) is 14.7 Å². The van der Waals surface area contributed by atoms with E-state index in [1.165, 1.54) is 17.8 Å². The van der Waals surface area contributed by atoms with Gasteiger partial charge in [0.1, 0.15) is 5.60 Å². The molecule has 1 atom stereocenters. The van der Waals surface area contributed by atoms with Gasteiger partial charge in [-0.2, -0.15) is 0 Å². The molecule has 0 saturated carbocycles. The van der Waals surface area contributed by atoms with Gasteiger partial charge in [0.05, 0.1) is 4.91 Å². The summed E-state index contributed by atoms with van der Waals surface area (Å²) in [4.78, 5) is 22.2. The second-order valence-corrected chi connectivity index (χ2v) is 4.87. The summed E-state index contributed by atoms with van der Waals surface area (Å²) >= 11 is 2.28. The van der Waals surface area contributed by atoms with Gasteiger partial charge in [-0.25, -0.2) is 0 Å². The minimum Gasteiger partial charge on any atom is -0.381 e. The highest BCUT2D eigenvalue weighted by Gasteiger charge is 2.31. The Morgan fingerprint density at radius 2 is 2.36 bits per heavy atom. The zero-order valence-electron chi connectivity index (χ0n) is 7.02. The fourth-order valence-corrected chi connectivity index (χ4v) is 2.76. The third kappa shape index (κ3) is 1.87. The number of nitrogens with one attached hydrogen (secondary N) is 1. The molecule has 2 rings (SSSR count). The Morgan fingerprint density at radius 1 is 1.57 bits per heavy atom. The molecule has 0 aromatic carbocycles. The maximum Gasteiger partial charge on any atom is 0.290 e. The molecule has 2 aliphatic rings. The Bertz CT molecular complexity index is 364. The molecular weight excluding hydrogens is 222 g/mol. The van der Waals surface area contributed by atoms with Crippen LogP contribution in [-0.2, 0) is 4.79 Å². The molecule has 0 radical (unpaired) electrons. The zero-order chi connectivity index (χ0) is 10.2. The van der Waals surface area contributed by atoms with Crippen molar-refractivity contribution in [2.45, 2.75) is 5.60 Å². The largest absolute Gasteiger partial charge is 0.381 e. The average molecular weight is 229 g/mol. The molecule has 6 heteroatoms. The van der Waals surface area contributed by atoms with Gasteiger partial charge in [-0.3, -0.25) is 14.9 Å². The summed E-state index contributed by atoms with van der Waals surface area (Å²) in [6.45, 7) is 0. The Morgan fingerprint density at radius 3 is 2.86 bits per heavy atom. The molecule has 74 valence electrons. The molecule has 0 aromatic heterocycles. The van der Waals surface area contributed by atoms with Crippen LogP contribution >= 0.6 is 23.5 Å². The topological polar surface area (TPSA) is 66.4 Å². The van der Waals surface area contributed by atoms with Crippen molar-refractivity contribution < 1.29 is 14.7 Å². The Balaban J connectivity index is 2.22. The molecule has 1 unspecified atom stereocenters. The lowest BCUT2D eigenvalue weighted by atomic mass is 10.1. The molecule has 2 aliphatic heterocycles. The van der Waals surface area contributed by atoms with E-state index < -0.39 is 11.5 Å². The standard InChI is InChI=1S/C8H7NO3S2/c10-6-5(14-7(11)9-6)3-8(12)1-2-13-4-8/h1-3,12H,4H2,(H,9,10,11). The van der Waals surface area contributed by atoms with Crippen LogP contribution in [0.5, 0.6) is 0 Å². The molecule has 0 aliphatic carbocycles. The maximum atomic E-state index is 11.2. The number of hydrogen-bond donors (Lipinski definition) is 2. The van der Waals surface area contributed by atoms with E-state index in [0.29, 0.717) is 5.75 Å². The lowest BCUT2D eigenvalue weighted by molar-refractivity contribution is -0.115. The summed E-state index contributed by atoms with van der Waals surface area (Å²) in [5, 5.41) is 13.4. The molecule has 2 heterocycles. The van der Waals surface area contributed by atoms with Crippen molar-refractivity contribution in [1.82, 2.24) is 5.32 Å². The molecule has 0 aromatic rings. The van der Waals surface area contributed by atoms with Crippen molar-refractivity contribution in [1.29, 1.82) is 0 Å². The Labute approximate surface area is 88.8 Å². The summed E-state index contributed by atoms with van der Waals surface area (Å²) in [6, 6.07) is 0. The molecular formula is C8H7NO3S2.